The quantitative estimate of drug-likeness (QED) is 0.792. The van der Waals surface area contributed by atoms with Crippen LogP contribution in [0.5, 0.6) is 5.75 Å². The molecule has 80 valence electrons. The standard InChI is InChI=1S/C11H14N2O2/c12-5-7-14-10-3-1-9(2-4-10)11-13-6-8-15-11/h1-4H,5-8,12H2. The van der Waals surface area contributed by atoms with E-state index < -0.39 is 0 Å². The molecule has 4 heteroatoms. The number of hydrogen-bond donors (Lipinski definition) is 1. The first-order chi connectivity index (χ1) is 7.40. The van der Waals surface area contributed by atoms with Crippen LogP contribution in [0.15, 0.2) is 29.3 Å². The predicted octanol–water partition coefficient (Wildman–Crippen LogP) is 0.801. The van der Waals surface area contributed by atoms with Crippen molar-refractivity contribution in [1.29, 1.82) is 0 Å². The molecule has 4 nitrogen and oxygen atoms in total. The van der Waals surface area contributed by atoms with Crippen LogP contribution in [-0.4, -0.2) is 32.2 Å². The Labute approximate surface area is 88.7 Å². The third kappa shape index (κ3) is 2.47. The smallest absolute Gasteiger partial charge is 0.216 e. The van der Waals surface area contributed by atoms with Crippen LogP contribution in [0.1, 0.15) is 5.56 Å². The monoisotopic (exact) mass is 206 g/mol. The zero-order valence-corrected chi connectivity index (χ0v) is 8.48. The highest BCUT2D eigenvalue weighted by Gasteiger charge is 2.09. The summed E-state index contributed by atoms with van der Waals surface area (Å²) in [6.07, 6.45) is 0. The molecular formula is C11H14N2O2. The summed E-state index contributed by atoms with van der Waals surface area (Å²) in [5, 5.41) is 0. The Morgan fingerprint density at radius 2 is 2.13 bits per heavy atom. The van der Waals surface area contributed by atoms with Gasteiger partial charge in [-0.2, -0.15) is 0 Å². The fourth-order valence-corrected chi connectivity index (χ4v) is 1.38. The average Bonchev–Trinajstić information content (AvgIpc) is 2.80. The maximum atomic E-state index is 5.37. The SMILES string of the molecule is NCCOc1ccc(C2=NCCO2)cc1. The molecule has 1 aliphatic rings. The topological polar surface area (TPSA) is 56.8 Å². The Kier molecular flexibility index (Phi) is 3.19. The summed E-state index contributed by atoms with van der Waals surface area (Å²) in [5.74, 6) is 1.54. The van der Waals surface area contributed by atoms with Gasteiger partial charge in [0.1, 0.15) is 19.0 Å². The highest BCUT2D eigenvalue weighted by molar-refractivity contribution is 5.94. The summed E-state index contributed by atoms with van der Waals surface area (Å²) in [5.41, 5.74) is 6.33. The molecule has 0 fully saturated rings. The van der Waals surface area contributed by atoms with Gasteiger partial charge in [0, 0.05) is 12.1 Å². The Morgan fingerprint density at radius 3 is 2.73 bits per heavy atom. The zero-order chi connectivity index (χ0) is 10.5. The highest BCUT2D eigenvalue weighted by atomic mass is 16.5. The molecule has 1 heterocycles. The highest BCUT2D eigenvalue weighted by Crippen LogP contribution is 2.14. The fourth-order valence-electron chi connectivity index (χ4n) is 1.38. The van der Waals surface area contributed by atoms with E-state index in [1.165, 1.54) is 0 Å². The van der Waals surface area contributed by atoms with Crippen molar-refractivity contribution < 1.29 is 9.47 Å². The van der Waals surface area contributed by atoms with Crippen molar-refractivity contribution in [2.75, 3.05) is 26.3 Å². The van der Waals surface area contributed by atoms with Crippen LogP contribution in [0.4, 0.5) is 0 Å². The van der Waals surface area contributed by atoms with Crippen molar-refractivity contribution in [3.63, 3.8) is 0 Å². The van der Waals surface area contributed by atoms with E-state index in [-0.39, 0.29) is 0 Å². The molecule has 0 aromatic heterocycles. The summed E-state index contributed by atoms with van der Waals surface area (Å²) in [6, 6.07) is 7.68. The normalized spacial score (nSPS) is 14.6. The van der Waals surface area contributed by atoms with Gasteiger partial charge in [0.2, 0.25) is 5.90 Å². The minimum Gasteiger partial charge on any atom is -0.492 e. The van der Waals surface area contributed by atoms with Crippen molar-refractivity contribution >= 4 is 5.90 Å². The van der Waals surface area contributed by atoms with Crippen molar-refractivity contribution in [3.05, 3.63) is 29.8 Å². The van der Waals surface area contributed by atoms with Gasteiger partial charge in [0.15, 0.2) is 0 Å². The van der Waals surface area contributed by atoms with E-state index in [0.29, 0.717) is 19.8 Å². The van der Waals surface area contributed by atoms with Gasteiger partial charge in [-0.3, -0.25) is 0 Å². The number of aliphatic imine (C=N–C) groups is 1. The molecular weight excluding hydrogens is 192 g/mol. The minimum atomic E-state index is 0.525. The van der Waals surface area contributed by atoms with Crippen LogP contribution >= 0.6 is 0 Å². The van der Waals surface area contributed by atoms with E-state index in [2.05, 4.69) is 4.99 Å². The maximum absolute atomic E-state index is 5.37. The molecule has 2 rings (SSSR count). The van der Waals surface area contributed by atoms with Gasteiger partial charge in [-0.25, -0.2) is 4.99 Å². The molecule has 0 amide bonds. The molecule has 1 aromatic carbocycles. The first kappa shape index (κ1) is 9.98. The van der Waals surface area contributed by atoms with Gasteiger partial charge in [0.05, 0.1) is 6.54 Å². The van der Waals surface area contributed by atoms with E-state index in [1.54, 1.807) is 0 Å². The van der Waals surface area contributed by atoms with Crippen LogP contribution in [0.2, 0.25) is 0 Å². The molecule has 0 atom stereocenters. The summed E-state index contributed by atoms with van der Waals surface area (Å²) in [6.45, 7) is 2.50. The molecule has 15 heavy (non-hydrogen) atoms. The lowest BCUT2D eigenvalue weighted by molar-refractivity contribution is 0.328. The zero-order valence-electron chi connectivity index (χ0n) is 8.48. The van der Waals surface area contributed by atoms with Crippen molar-refractivity contribution in [3.8, 4) is 5.75 Å². The van der Waals surface area contributed by atoms with Crippen LogP contribution < -0.4 is 10.5 Å². The number of nitrogens with two attached hydrogens (primary N) is 1. The third-order valence-electron chi connectivity index (χ3n) is 2.07. The second kappa shape index (κ2) is 4.79. The summed E-state index contributed by atoms with van der Waals surface area (Å²) in [7, 11) is 0. The van der Waals surface area contributed by atoms with E-state index in [4.69, 9.17) is 15.2 Å². The van der Waals surface area contributed by atoms with E-state index >= 15 is 0 Å². The van der Waals surface area contributed by atoms with Crippen molar-refractivity contribution in [2.24, 2.45) is 10.7 Å². The van der Waals surface area contributed by atoms with Crippen molar-refractivity contribution in [1.82, 2.24) is 0 Å². The molecule has 0 saturated heterocycles. The fraction of sp³-hybridized carbons (Fsp3) is 0.364. The molecule has 0 spiro atoms. The number of hydrogen-bond acceptors (Lipinski definition) is 4. The van der Waals surface area contributed by atoms with Gasteiger partial charge < -0.3 is 15.2 Å². The van der Waals surface area contributed by atoms with Crippen LogP contribution in [0, 0.1) is 0 Å². The summed E-state index contributed by atoms with van der Waals surface area (Å²) >= 11 is 0. The molecule has 1 aromatic rings. The van der Waals surface area contributed by atoms with Gasteiger partial charge in [-0.1, -0.05) is 0 Å². The molecule has 1 aliphatic heterocycles. The number of ether oxygens (including phenoxy) is 2. The van der Waals surface area contributed by atoms with Crippen LogP contribution in [0.25, 0.3) is 0 Å². The van der Waals surface area contributed by atoms with E-state index in [0.717, 1.165) is 23.8 Å². The Balaban J connectivity index is 2.03. The number of nitrogens with zero attached hydrogens (tertiary/aromatic N) is 1. The van der Waals surface area contributed by atoms with Gasteiger partial charge in [0.25, 0.3) is 0 Å². The van der Waals surface area contributed by atoms with Gasteiger partial charge in [-0.05, 0) is 24.3 Å². The molecule has 0 unspecified atom stereocenters. The van der Waals surface area contributed by atoms with Crippen LogP contribution in [0.3, 0.4) is 0 Å². The van der Waals surface area contributed by atoms with E-state index in [1.807, 2.05) is 24.3 Å². The lowest BCUT2D eigenvalue weighted by Gasteiger charge is -2.05. The molecule has 0 saturated carbocycles. The molecule has 0 aliphatic carbocycles. The Morgan fingerprint density at radius 1 is 1.33 bits per heavy atom. The number of benzene rings is 1. The molecule has 2 N–H and O–H groups in total. The van der Waals surface area contributed by atoms with Gasteiger partial charge in [-0.15, -0.1) is 0 Å². The lowest BCUT2D eigenvalue weighted by Crippen LogP contribution is -2.10. The second-order valence-corrected chi connectivity index (χ2v) is 3.20. The summed E-state index contributed by atoms with van der Waals surface area (Å²) in [4.78, 5) is 4.23. The van der Waals surface area contributed by atoms with Crippen molar-refractivity contribution in [2.45, 2.75) is 0 Å². The first-order valence-electron chi connectivity index (χ1n) is 5.01. The molecule has 0 radical (unpaired) electrons. The summed E-state index contributed by atoms with van der Waals surface area (Å²) < 4.78 is 10.7. The van der Waals surface area contributed by atoms with Gasteiger partial charge >= 0.3 is 0 Å². The third-order valence-corrected chi connectivity index (χ3v) is 2.07. The lowest BCUT2D eigenvalue weighted by atomic mass is 10.2. The maximum Gasteiger partial charge on any atom is 0.216 e. The Hall–Kier alpha value is -1.55. The average molecular weight is 206 g/mol. The van der Waals surface area contributed by atoms with Crippen LogP contribution in [-0.2, 0) is 4.74 Å². The predicted molar refractivity (Wildman–Crippen MR) is 58.3 cm³/mol. The molecule has 0 bridgehead atoms. The minimum absolute atomic E-state index is 0.525. The van der Waals surface area contributed by atoms with E-state index in [9.17, 15) is 0 Å². The second-order valence-electron chi connectivity index (χ2n) is 3.20. The number of rotatable bonds is 4. The Bertz CT molecular complexity index is 346. The largest absolute Gasteiger partial charge is 0.492 e. The first-order valence-corrected chi connectivity index (χ1v) is 5.01.